The topological polar surface area (TPSA) is 40.1 Å². The second kappa shape index (κ2) is 7.87. The van der Waals surface area contributed by atoms with Crippen LogP contribution in [0.25, 0.3) is 5.76 Å². The van der Waals surface area contributed by atoms with Crippen LogP contribution in [-0.2, 0) is 17.1 Å². The smallest absolute Gasteiger partial charge is 0.872 e. The number of allylic oxidation sites excluding steroid dienone is 9. The van der Waals surface area contributed by atoms with Gasteiger partial charge in [0.2, 0.25) is 0 Å². The maximum absolute atomic E-state index is 12.0. The Morgan fingerprint density at radius 3 is 2.22 bits per heavy atom. The van der Waals surface area contributed by atoms with Crippen LogP contribution in [-0.4, -0.2) is 5.78 Å². The molecule has 2 radical (unpaired) electrons. The van der Waals surface area contributed by atoms with E-state index in [0.29, 0.717) is 11.1 Å². The molecule has 0 saturated carbocycles. The Morgan fingerprint density at radius 1 is 1.00 bits per heavy atom. The average Bonchev–Trinajstić information content (AvgIpc) is 3.29. The third-order valence-electron chi connectivity index (χ3n) is 3.46. The second-order valence-corrected chi connectivity index (χ2v) is 4.94. The van der Waals surface area contributed by atoms with Crippen LogP contribution in [0, 0.1) is 19.3 Å². The summed E-state index contributed by atoms with van der Waals surface area (Å²) < 4.78 is 0. The van der Waals surface area contributed by atoms with Crippen molar-refractivity contribution in [1.82, 2.24) is 0 Å². The number of benzene rings is 1. The molecule has 1 aromatic carbocycles. The molecule has 23 heavy (non-hydrogen) atoms. The molecule has 2 nitrogen and oxygen atoms in total. The first-order valence-electron chi connectivity index (χ1n) is 7.06. The van der Waals surface area contributed by atoms with Crippen molar-refractivity contribution in [3.8, 4) is 0 Å². The first kappa shape index (κ1) is 17.1. The van der Waals surface area contributed by atoms with Gasteiger partial charge in [-0.05, 0) is 17.2 Å². The summed E-state index contributed by atoms with van der Waals surface area (Å²) in [5.41, 5.74) is 2.16. The van der Waals surface area contributed by atoms with E-state index in [9.17, 15) is 9.90 Å². The van der Waals surface area contributed by atoms with Gasteiger partial charge < -0.3 is 5.11 Å². The van der Waals surface area contributed by atoms with Crippen LogP contribution in [0.1, 0.15) is 15.9 Å². The van der Waals surface area contributed by atoms with Crippen LogP contribution in [0.4, 0.5) is 0 Å². The quantitative estimate of drug-likeness (QED) is 0.581. The summed E-state index contributed by atoms with van der Waals surface area (Å²) in [6.07, 6.45) is 19.2. The fourth-order valence-electron chi connectivity index (χ4n) is 2.38. The molecule has 4 rings (SSSR count). The normalized spacial score (nSPS) is 16.7. The van der Waals surface area contributed by atoms with Gasteiger partial charge in [-0.3, -0.25) is 4.79 Å². The molecule has 0 heterocycles. The summed E-state index contributed by atoms with van der Waals surface area (Å²) in [4.78, 5) is 12.0. The minimum absolute atomic E-state index is 0. The number of fused-ring (bicyclic) bond motifs is 1. The van der Waals surface area contributed by atoms with E-state index >= 15 is 0 Å². The molecule has 1 aromatic rings. The van der Waals surface area contributed by atoms with E-state index in [1.54, 1.807) is 30.3 Å². The molecule has 3 aliphatic carbocycles. The zero-order valence-electron chi connectivity index (χ0n) is 12.3. The molecule has 3 aliphatic rings. The van der Waals surface area contributed by atoms with Crippen molar-refractivity contribution in [3.63, 3.8) is 0 Å². The van der Waals surface area contributed by atoms with Gasteiger partial charge in [-0.25, -0.2) is 18.6 Å². The van der Waals surface area contributed by atoms with Gasteiger partial charge in [-0.1, -0.05) is 54.3 Å². The van der Waals surface area contributed by atoms with E-state index in [2.05, 4.69) is 0 Å². The van der Waals surface area contributed by atoms with E-state index in [0.717, 1.165) is 5.57 Å². The Kier molecular flexibility index (Phi) is 5.86. The Morgan fingerprint density at radius 2 is 1.70 bits per heavy atom. The monoisotopic (exact) mass is 342 g/mol. The zero-order valence-corrected chi connectivity index (χ0v) is 13.4. The second-order valence-electron chi connectivity index (χ2n) is 4.94. The van der Waals surface area contributed by atoms with E-state index in [4.69, 9.17) is 0 Å². The van der Waals surface area contributed by atoms with Crippen molar-refractivity contribution in [2.45, 2.75) is 0 Å². The van der Waals surface area contributed by atoms with Crippen LogP contribution in [0.15, 0.2) is 77.9 Å². The molecule has 0 N–H and O–H groups in total. The molecule has 0 amide bonds. The van der Waals surface area contributed by atoms with Crippen LogP contribution >= 0.6 is 0 Å². The number of carbonyl (C=O) groups excluding carboxylic acids is 1. The van der Waals surface area contributed by atoms with Crippen molar-refractivity contribution < 1.29 is 27.0 Å². The number of hydrogen-bond donors (Lipinski definition) is 0. The molecule has 0 unspecified atom stereocenters. The van der Waals surface area contributed by atoms with E-state index in [-0.39, 0.29) is 34.2 Å². The third-order valence-corrected chi connectivity index (χ3v) is 3.46. The third kappa shape index (κ3) is 3.76. The van der Waals surface area contributed by atoms with Crippen LogP contribution in [0.3, 0.4) is 0 Å². The minimum Gasteiger partial charge on any atom is -0.872 e. The average molecular weight is 342 g/mol. The van der Waals surface area contributed by atoms with Gasteiger partial charge in [0.05, 0.1) is 0 Å². The molecule has 0 aliphatic heterocycles. The zero-order chi connectivity index (χ0) is 15.4. The van der Waals surface area contributed by atoms with Gasteiger partial charge in [0.25, 0.3) is 0 Å². The summed E-state index contributed by atoms with van der Waals surface area (Å²) in [6.45, 7) is 0. The summed E-state index contributed by atoms with van der Waals surface area (Å²) in [6, 6.07) is 6.94. The van der Waals surface area contributed by atoms with Crippen molar-refractivity contribution >= 4 is 11.5 Å². The van der Waals surface area contributed by atoms with Gasteiger partial charge in [0, 0.05) is 11.1 Å². The molecule has 0 atom stereocenters. The molecular formula is C20H14FeO2. The van der Waals surface area contributed by atoms with Crippen molar-refractivity contribution in [2.75, 3.05) is 0 Å². The molecule has 0 saturated heterocycles. The SMILES string of the molecule is O=C1C(C=C2C=CC=C2)=C([O-])c2ccccc21.[CH]1[CH][CH-]C=C1.[Fe+2]. The van der Waals surface area contributed by atoms with E-state index < -0.39 is 0 Å². The van der Waals surface area contributed by atoms with Crippen molar-refractivity contribution in [3.05, 3.63) is 108 Å². The molecule has 3 heteroatoms. The van der Waals surface area contributed by atoms with Gasteiger partial charge in [0.1, 0.15) is 0 Å². The Hall–Kier alpha value is -2.22. The van der Waals surface area contributed by atoms with Gasteiger partial charge in [-0.15, -0.1) is 12.8 Å². The number of hydrogen-bond acceptors (Lipinski definition) is 2. The summed E-state index contributed by atoms with van der Waals surface area (Å²) in [5.74, 6) is -0.349. The first-order valence-corrected chi connectivity index (χ1v) is 7.06. The maximum Gasteiger partial charge on any atom is 2.00 e. The Labute approximate surface area is 147 Å². The van der Waals surface area contributed by atoms with E-state index in [1.165, 1.54) is 0 Å². The number of Topliss-reactive ketones (excluding diaryl/α,β-unsaturated/α-hetero) is 1. The Bertz CT molecular complexity index is 729. The predicted molar refractivity (Wildman–Crippen MR) is 86.1 cm³/mol. The van der Waals surface area contributed by atoms with Crippen molar-refractivity contribution in [1.29, 1.82) is 0 Å². The van der Waals surface area contributed by atoms with Crippen molar-refractivity contribution in [2.24, 2.45) is 0 Å². The molecule has 114 valence electrons. The fourth-order valence-corrected chi connectivity index (χ4v) is 2.38. The van der Waals surface area contributed by atoms with Crippen LogP contribution in [0.5, 0.6) is 0 Å². The van der Waals surface area contributed by atoms with Gasteiger partial charge in [-0.2, -0.15) is 0 Å². The summed E-state index contributed by atoms with van der Waals surface area (Å²) in [5, 5.41) is 12.0. The standard InChI is InChI=1S/C15H10O2.C5H5.Fe/c16-14-11-7-3-4-8-12(11)15(17)13(14)9-10-5-1-2-6-10;1-2-4-5-3-1;/h1-9,16H;1-5H;/q;-1;+2/p-1. The molecule has 0 spiro atoms. The molecule has 0 bridgehead atoms. The van der Waals surface area contributed by atoms with Crippen LogP contribution < -0.4 is 5.11 Å². The molecular weight excluding hydrogens is 328 g/mol. The Balaban J connectivity index is 0.000000276. The molecule has 0 fully saturated rings. The number of rotatable bonds is 1. The predicted octanol–water partition coefficient (Wildman–Crippen LogP) is 3.17. The first-order chi connectivity index (χ1) is 10.8. The fraction of sp³-hybridized carbons (Fsp3) is 0. The summed E-state index contributed by atoms with van der Waals surface area (Å²) in [7, 11) is 0. The maximum atomic E-state index is 12.0. The summed E-state index contributed by atoms with van der Waals surface area (Å²) >= 11 is 0. The van der Waals surface area contributed by atoms with E-state index in [1.807, 2.05) is 55.7 Å². The largest absolute Gasteiger partial charge is 2.00 e. The minimum atomic E-state index is -0.174. The van der Waals surface area contributed by atoms with Crippen LogP contribution in [0.2, 0.25) is 0 Å². The van der Waals surface area contributed by atoms with Gasteiger partial charge in [0.15, 0.2) is 5.78 Å². The van der Waals surface area contributed by atoms with Gasteiger partial charge >= 0.3 is 17.1 Å². The molecule has 0 aromatic heterocycles. The number of carbonyl (C=O) groups is 1. The number of ketones is 1.